The van der Waals surface area contributed by atoms with E-state index in [0.717, 1.165) is 16.3 Å². The molecular formula is C20H16ClN5OS. The second kappa shape index (κ2) is 8.33. The number of carbonyl (C=O) groups excluding carboxylic acids is 1. The number of benzene rings is 1. The number of amides is 1. The van der Waals surface area contributed by atoms with Gasteiger partial charge in [0.05, 0.1) is 30.6 Å². The fourth-order valence-electron chi connectivity index (χ4n) is 2.67. The van der Waals surface area contributed by atoms with Gasteiger partial charge >= 0.3 is 0 Å². The molecule has 28 heavy (non-hydrogen) atoms. The van der Waals surface area contributed by atoms with Crippen LogP contribution in [0.15, 0.2) is 66.3 Å². The summed E-state index contributed by atoms with van der Waals surface area (Å²) < 4.78 is 1.74. The predicted molar refractivity (Wildman–Crippen MR) is 110 cm³/mol. The monoisotopic (exact) mass is 409 g/mol. The molecule has 0 atom stereocenters. The van der Waals surface area contributed by atoms with Crippen molar-refractivity contribution >= 4 is 34.7 Å². The molecular weight excluding hydrogens is 394 g/mol. The van der Waals surface area contributed by atoms with Crippen LogP contribution >= 0.6 is 22.9 Å². The quantitative estimate of drug-likeness (QED) is 0.515. The largest absolute Gasteiger partial charge is 0.311 e. The Balaban J connectivity index is 1.40. The first-order valence-corrected chi connectivity index (χ1v) is 9.85. The van der Waals surface area contributed by atoms with Crippen LogP contribution in [0.2, 0.25) is 5.02 Å². The van der Waals surface area contributed by atoms with E-state index in [1.54, 1.807) is 23.1 Å². The molecule has 0 fully saturated rings. The van der Waals surface area contributed by atoms with Crippen molar-refractivity contribution in [3.63, 3.8) is 0 Å². The van der Waals surface area contributed by atoms with Crippen LogP contribution in [0.3, 0.4) is 0 Å². The average Bonchev–Trinajstić information content (AvgIpc) is 3.34. The van der Waals surface area contributed by atoms with Crippen LogP contribution in [0.4, 0.5) is 5.82 Å². The molecule has 4 aromatic rings. The molecule has 0 unspecified atom stereocenters. The Bertz CT molecular complexity index is 1080. The van der Waals surface area contributed by atoms with E-state index in [1.807, 2.05) is 47.8 Å². The molecule has 4 rings (SSSR count). The van der Waals surface area contributed by atoms with Gasteiger partial charge in [0, 0.05) is 22.7 Å². The summed E-state index contributed by atoms with van der Waals surface area (Å²) in [5, 5.41) is 10.6. The second-order valence-electron chi connectivity index (χ2n) is 6.08. The standard InChI is InChI=1S/C20H16ClN5OS/c21-15-6-4-14(5-7-15)12-26-18(8-10-23-26)25-19(27)11-16-13-28-20(24-16)17-3-1-2-9-22-17/h1-10,13H,11-12H2,(H,25,27). The highest BCUT2D eigenvalue weighted by Gasteiger charge is 2.12. The van der Waals surface area contributed by atoms with Crippen LogP contribution in [-0.2, 0) is 17.8 Å². The molecule has 140 valence electrons. The van der Waals surface area contributed by atoms with Gasteiger partial charge in [-0.3, -0.25) is 9.78 Å². The molecule has 0 aliphatic rings. The number of nitrogens with one attached hydrogen (secondary N) is 1. The fraction of sp³-hybridized carbons (Fsp3) is 0.100. The van der Waals surface area contributed by atoms with Crippen LogP contribution < -0.4 is 5.32 Å². The first-order chi connectivity index (χ1) is 13.7. The summed E-state index contributed by atoms with van der Waals surface area (Å²) in [7, 11) is 0. The molecule has 0 saturated heterocycles. The van der Waals surface area contributed by atoms with Crippen molar-refractivity contribution in [2.75, 3.05) is 5.32 Å². The molecule has 0 spiro atoms. The van der Waals surface area contributed by atoms with Gasteiger partial charge in [-0.15, -0.1) is 11.3 Å². The Kier molecular flexibility index (Phi) is 5.45. The lowest BCUT2D eigenvalue weighted by atomic mass is 10.2. The van der Waals surface area contributed by atoms with Crippen LogP contribution in [0.1, 0.15) is 11.3 Å². The molecule has 6 nitrogen and oxygen atoms in total. The predicted octanol–water partition coefficient (Wildman–Crippen LogP) is 4.28. The first kappa shape index (κ1) is 18.3. The molecule has 8 heteroatoms. The van der Waals surface area contributed by atoms with E-state index < -0.39 is 0 Å². The normalized spacial score (nSPS) is 10.8. The van der Waals surface area contributed by atoms with Crippen molar-refractivity contribution in [1.29, 1.82) is 0 Å². The SMILES string of the molecule is O=C(Cc1csc(-c2ccccn2)n1)Nc1ccnn1Cc1ccc(Cl)cc1. The molecule has 0 bridgehead atoms. The van der Waals surface area contributed by atoms with E-state index in [-0.39, 0.29) is 12.3 Å². The summed E-state index contributed by atoms with van der Waals surface area (Å²) >= 11 is 7.40. The topological polar surface area (TPSA) is 72.7 Å². The van der Waals surface area contributed by atoms with Crippen LogP contribution in [0, 0.1) is 0 Å². The van der Waals surface area contributed by atoms with E-state index >= 15 is 0 Å². The molecule has 3 aromatic heterocycles. The third kappa shape index (κ3) is 4.44. The first-order valence-electron chi connectivity index (χ1n) is 8.59. The number of aromatic nitrogens is 4. The average molecular weight is 410 g/mol. The van der Waals surface area contributed by atoms with Gasteiger partial charge in [-0.05, 0) is 29.8 Å². The summed E-state index contributed by atoms with van der Waals surface area (Å²) in [6, 6.07) is 15.0. The number of anilines is 1. The number of halogens is 1. The van der Waals surface area contributed by atoms with Gasteiger partial charge in [0.25, 0.3) is 0 Å². The van der Waals surface area contributed by atoms with Crippen molar-refractivity contribution in [2.45, 2.75) is 13.0 Å². The Hall–Kier alpha value is -3.03. The maximum Gasteiger partial charge on any atom is 0.231 e. The lowest BCUT2D eigenvalue weighted by Gasteiger charge is -2.09. The molecule has 0 radical (unpaired) electrons. The van der Waals surface area contributed by atoms with Crippen molar-refractivity contribution in [2.24, 2.45) is 0 Å². The summed E-state index contributed by atoms with van der Waals surface area (Å²) in [4.78, 5) is 21.2. The van der Waals surface area contributed by atoms with Crippen molar-refractivity contribution in [1.82, 2.24) is 19.7 Å². The Morgan fingerprint density at radius 2 is 1.96 bits per heavy atom. The van der Waals surface area contributed by atoms with E-state index in [9.17, 15) is 4.79 Å². The lowest BCUT2D eigenvalue weighted by Crippen LogP contribution is -2.18. The summed E-state index contributed by atoms with van der Waals surface area (Å²) in [5.74, 6) is 0.496. The zero-order chi connectivity index (χ0) is 19.3. The number of thiazole rings is 1. The van der Waals surface area contributed by atoms with E-state index in [4.69, 9.17) is 11.6 Å². The van der Waals surface area contributed by atoms with Crippen LogP contribution in [0.25, 0.3) is 10.7 Å². The number of hydrogen-bond acceptors (Lipinski definition) is 5. The molecule has 0 saturated carbocycles. The maximum absolute atomic E-state index is 12.5. The van der Waals surface area contributed by atoms with Crippen molar-refractivity contribution < 1.29 is 4.79 Å². The Morgan fingerprint density at radius 3 is 2.75 bits per heavy atom. The minimum atomic E-state index is -0.143. The van der Waals surface area contributed by atoms with Crippen LogP contribution in [0.5, 0.6) is 0 Å². The summed E-state index contributed by atoms with van der Waals surface area (Å²) in [6.45, 7) is 0.542. The zero-order valence-corrected chi connectivity index (χ0v) is 16.3. The number of nitrogens with zero attached hydrogens (tertiary/aromatic N) is 4. The molecule has 0 aliphatic heterocycles. The Labute approximate surface area is 170 Å². The molecule has 0 aliphatic carbocycles. The highest BCUT2D eigenvalue weighted by molar-refractivity contribution is 7.13. The van der Waals surface area contributed by atoms with E-state index in [1.165, 1.54) is 11.3 Å². The van der Waals surface area contributed by atoms with Crippen molar-refractivity contribution in [3.05, 3.63) is 82.6 Å². The van der Waals surface area contributed by atoms with E-state index in [2.05, 4.69) is 20.4 Å². The van der Waals surface area contributed by atoms with Gasteiger partial charge in [0.15, 0.2) is 0 Å². The molecule has 1 N–H and O–H groups in total. The number of rotatable bonds is 6. The molecule has 1 aromatic carbocycles. The maximum atomic E-state index is 12.5. The van der Waals surface area contributed by atoms with Gasteiger partial charge in [-0.2, -0.15) is 5.10 Å². The number of hydrogen-bond donors (Lipinski definition) is 1. The number of pyridine rings is 1. The smallest absolute Gasteiger partial charge is 0.231 e. The van der Waals surface area contributed by atoms with Gasteiger partial charge in [0.2, 0.25) is 5.91 Å². The second-order valence-corrected chi connectivity index (χ2v) is 7.38. The number of carbonyl (C=O) groups is 1. The van der Waals surface area contributed by atoms with Gasteiger partial charge < -0.3 is 5.32 Å². The van der Waals surface area contributed by atoms with Crippen LogP contribution in [-0.4, -0.2) is 25.7 Å². The highest BCUT2D eigenvalue weighted by Crippen LogP contribution is 2.22. The minimum Gasteiger partial charge on any atom is -0.311 e. The zero-order valence-electron chi connectivity index (χ0n) is 14.7. The minimum absolute atomic E-state index is 0.143. The highest BCUT2D eigenvalue weighted by atomic mass is 35.5. The summed E-state index contributed by atoms with van der Waals surface area (Å²) in [6.07, 6.45) is 3.58. The molecule has 3 heterocycles. The van der Waals surface area contributed by atoms with Gasteiger partial charge in [-0.1, -0.05) is 29.8 Å². The summed E-state index contributed by atoms with van der Waals surface area (Å²) in [5.41, 5.74) is 2.57. The lowest BCUT2D eigenvalue weighted by molar-refractivity contribution is -0.115. The Morgan fingerprint density at radius 1 is 1.11 bits per heavy atom. The fourth-order valence-corrected chi connectivity index (χ4v) is 3.60. The van der Waals surface area contributed by atoms with E-state index in [0.29, 0.717) is 23.1 Å². The third-order valence-electron chi connectivity index (χ3n) is 4.01. The third-order valence-corrected chi connectivity index (χ3v) is 5.17. The van der Waals surface area contributed by atoms with Gasteiger partial charge in [0.1, 0.15) is 10.8 Å². The van der Waals surface area contributed by atoms with Crippen molar-refractivity contribution in [3.8, 4) is 10.7 Å². The molecule has 1 amide bonds. The van der Waals surface area contributed by atoms with Gasteiger partial charge in [-0.25, -0.2) is 9.67 Å².